The van der Waals surface area contributed by atoms with Crippen LogP contribution < -0.4 is 0 Å². The SMILES string of the molecule is O=C(CSCc1nc2ccccc2s1)N(C1CCCCC1)C1CC1. The molecule has 5 heteroatoms. The second-order valence-electron chi connectivity index (χ2n) is 6.89. The third kappa shape index (κ3) is 3.77. The van der Waals surface area contributed by atoms with Crippen molar-refractivity contribution in [2.45, 2.75) is 62.8 Å². The lowest BCUT2D eigenvalue weighted by molar-refractivity contribution is -0.132. The van der Waals surface area contributed by atoms with E-state index in [4.69, 9.17) is 0 Å². The first kappa shape index (κ1) is 16.4. The number of rotatable bonds is 6. The van der Waals surface area contributed by atoms with Crippen LogP contribution in [0.3, 0.4) is 0 Å². The van der Waals surface area contributed by atoms with Gasteiger partial charge < -0.3 is 4.90 Å². The Labute approximate surface area is 151 Å². The van der Waals surface area contributed by atoms with Crippen LogP contribution in [-0.2, 0) is 10.5 Å². The first-order valence-corrected chi connectivity index (χ1v) is 11.0. The molecule has 0 aliphatic heterocycles. The summed E-state index contributed by atoms with van der Waals surface area (Å²) in [6.07, 6.45) is 8.78. The van der Waals surface area contributed by atoms with Gasteiger partial charge in [-0.1, -0.05) is 31.4 Å². The standard InChI is InChI=1S/C19H24N2OS2/c22-19(21(15-10-11-15)14-6-2-1-3-7-14)13-23-12-18-20-16-8-4-5-9-17(16)24-18/h4-5,8-9,14-15H,1-3,6-7,10-13H2. The molecule has 2 aliphatic rings. The summed E-state index contributed by atoms with van der Waals surface area (Å²) in [5.41, 5.74) is 1.08. The molecule has 2 aliphatic carbocycles. The summed E-state index contributed by atoms with van der Waals surface area (Å²) < 4.78 is 1.24. The van der Waals surface area contributed by atoms with Gasteiger partial charge in [-0.25, -0.2) is 4.98 Å². The number of fused-ring (bicyclic) bond motifs is 1. The normalized spacial score (nSPS) is 18.8. The van der Waals surface area contributed by atoms with Crippen molar-refractivity contribution < 1.29 is 4.79 Å². The van der Waals surface area contributed by atoms with Gasteiger partial charge in [-0.05, 0) is 37.8 Å². The van der Waals surface area contributed by atoms with Gasteiger partial charge in [0.15, 0.2) is 0 Å². The summed E-state index contributed by atoms with van der Waals surface area (Å²) in [5.74, 6) is 1.80. The van der Waals surface area contributed by atoms with Gasteiger partial charge in [0.1, 0.15) is 5.01 Å². The molecule has 1 amide bonds. The van der Waals surface area contributed by atoms with Crippen LogP contribution in [0.1, 0.15) is 50.0 Å². The van der Waals surface area contributed by atoms with E-state index >= 15 is 0 Å². The highest BCUT2D eigenvalue weighted by Crippen LogP contribution is 2.34. The number of benzene rings is 1. The van der Waals surface area contributed by atoms with Crippen molar-refractivity contribution in [2.24, 2.45) is 0 Å². The minimum Gasteiger partial charge on any atom is -0.336 e. The summed E-state index contributed by atoms with van der Waals surface area (Å²) in [5, 5.41) is 1.13. The van der Waals surface area contributed by atoms with Crippen molar-refractivity contribution in [3.63, 3.8) is 0 Å². The Morgan fingerprint density at radius 1 is 1.12 bits per heavy atom. The lowest BCUT2D eigenvalue weighted by atomic mass is 9.94. The van der Waals surface area contributed by atoms with Crippen molar-refractivity contribution in [2.75, 3.05) is 5.75 Å². The average Bonchev–Trinajstić information content (AvgIpc) is 3.34. The van der Waals surface area contributed by atoms with Gasteiger partial charge in [-0.15, -0.1) is 23.1 Å². The largest absolute Gasteiger partial charge is 0.336 e. The molecule has 3 nitrogen and oxygen atoms in total. The molecule has 2 fully saturated rings. The molecule has 24 heavy (non-hydrogen) atoms. The Morgan fingerprint density at radius 2 is 1.88 bits per heavy atom. The molecule has 1 aromatic carbocycles. The van der Waals surface area contributed by atoms with Crippen LogP contribution in [0.25, 0.3) is 10.2 Å². The molecule has 1 aromatic heterocycles. The first-order valence-electron chi connectivity index (χ1n) is 9.04. The molecule has 0 atom stereocenters. The predicted octanol–water partition coefficient (Wildman–Crippen LogP) is 4.85. The van der Waals surface area contributed by atoms with E-state index in [0.717, 1.165) is 16.3 Å². The second kappa shape index (κ2) is 7.44. The molecule has 0 N–H and O–H groups in total. The Bertz CT molecular complexity index is 671. The van der Waals surface area contributed by atoms with Crippen molar-refractivity contribution in [1.82, 2.24) is 9.88 Å². The van der Waals surface area contributed by atoms with Crippen molar-refractivity contribution in [1.29, 1.82) is 0 Å². The highest BCUT2D eigenvalue weighted by Gasteiger charge is 2.37. The molecular formula is C19H24N2OS2. The average molecular weight is 361 g/mol. The highest BCUT2D eigenvalue weighted by atomic mass is 32.2. The Kier molecular flexibility index (Phi) is 5.09. The Hall–Kier alpha value is -1.07. The summed E-state index contributed by atoms with van der Waals surface area (Å²) >= 11 is 3.47. The fraction of sp³-hybridized carbons (Fsp3) is 0.579. The van der Waals surface area contributed by atoms with Gasteiger partial charge in [0, 0.05) is 17.8 Å². The van der Waals surface area contributed by atoms with Gasteiger partial charge in [0.05, 0.1) is 16.0 Å². The van der Waals surface area contributed by atoms with Crippen molar-refractivity contribution >= 4 is 39.2 Å². The second-order valence-corrected chi connectivity index (χ2v) is 8.99. The molecule has 4 rings (SSSR count). The minimum atomic E-state index is 0.357. The Balaban J connectivity index is 1.33. The van der Waals surface area contributed by atoms with E-state index in [1.165, 1.54) is 49.6 Å². The number of amides is 1. The third-order valence-electron chi connectivity index (χ3n) is 4.99. The maximum atomic E-state index is 12.8. The number of hydrogen-bond donors (Lipinski definition) is 0. The van der Waals surface area contributed by atoms with E-state index in [-0.39, 0.29) is 0 Å². The van der Waals surface area contributed by atoms with Crippen molar-refractivity contribution in [3.05, 3.63) is 29.3 Å². The van der Waals surface area contributed by atoms with Gasteiger partial charge in [0.25, 0.3) is 0 Å². The number of carbonyl (C=O) groups excluding carboxylic acids is 1. The number of thioether (sulfide) groups is 1. The summed E-state index contributed by atoms with van der Waals surface area (Å²) in [6, 6.07) is 9.32. The monoisotopic (exact) mass is 360 g/mol. The van der Waals surface area contributed by atoms with Crippen molar-refractivity contribution in [3.8, 4) is 0 Å². The number of carbonyl (C=O) groups is 1. The molecule has 0 bridgehead atoms. The van der Waals surface area contributed by atoms with Gasteiger partial charge in [0.2, 0.25) is 5.91 Å². The molecule has 0 radical (unpaired) electrons. The first-order chi connectivity index (χ1) is 11.8. The van der Waals surface area contributed by atoms with Gasteiger partial charge in [-0.3, -0.25) is 4.79 Å². The number of thiazole rings is 1. The highest BCUT2D eigenvalue weighted by molar-refractivity contribution is 7.99. The van der Waals surface area contributed by atoms with Crippen LogP contribution in [-0.4, -0.2) is 33.6 Å². The number of aromatic nitrogens is 1. The van der Waals surface area contributed by atoms with E-state index in [1.54, 1.807) is 23.1 Å². The number of nitrogens with zero attached hydrogens (tertiary/aromatic N) is 2. The zero-order chi connectivity index (χ0) is 16.4. The van der Waals surface area contributed by atoms with Crippen LogP contribution in [0, 0.1) is 0 Å². The van der Waals surface area contributed by atoms with E-state index in [9.17, 15) is 4.79 Å². The minimum absolute atomic E-state index is 0.357. The predicted molar refractivity (Wildman–Crippen MR) is 103 cm³/mol. The number of para-hydroxylation sites is 1. The van der Waals surface area contributed by atoms with Crippen LogP contribution >= 0.6 is 23.1 Å². The molecule has 0 unspecified atom stereocenters. The summed E-state index contributed by atoms with van der Waals surface area (Å²) in [4.78, 5) is 19.7. The topological polar surface area (TPSA) is 33.2 Å². The van der Waals surface area contributed by atoms with Gasteiger partial charge >= 0.3 is 0 Å². The molecule has 0 spiro atoms. The van der Waals surface area contributed by atoms with Crippen LogP contribution in [0.4, 0.5) is 0 Å². The molecule has 0 saturated heterocycles. The van der Waals surface area contributed by atoms with Crippen LogP contribution in [0.15, 0.2) is 24.3 Å². The van der Waals surface area contributed by atoms with E-state index in [0.29, 0.717) is 23.7 Å². The van der Waals surface area contributed by atoms with E-state index < -0.39 is 0 Å². The molecular weight excluding hydrogens is 336 g/mol. The summed E-state index contributed by atoms with van der Waals surface area (Å²) in [6.45, 7) is 0. The van der Waals surface area contributed by atoms with Crippen LogP contribution in [0.2, 0.25) is 0 Å². The third-order valence-corrected chi connectivity index (χ3v) is 7.13. The molecule has 1 heterocycles. The summed E-state index contributed by atoms with van der Waals surface area (Å²) in [7, 11) is 0. The Morgan fingerprint density at radius 3 is 2.62 bits per heavy atom. The van der Waals surface area contributed by atoms with Crippen LogP contribution in [0.5, 0.6) is 0 Å². The fourth-order valence-corrected chi connectivity index (χ4v) is 5.61. The fourth-order valence-electron chi connectivity index (χ4n) is 3.70. The smallest absolute Gasteiger partial charge is 0.233 e. The maximum Gasteiger partial charge on any atom is 0.233 e. The molecule has 2 saturated carbocycles. The lowest BCUT2D eigenvalue weighted by Crippen LogP contribution is -2.44. The van der Waals surface area contributed by atoms with E-state index in [2.05, 4.69) is 28.1 Å². The molecule has 128 valence electrons. The van der Waals surface area contributed by atoms with E-state index in [1.807, 2.05) is 6.07 Å². The zero-order valence-corrected chi connectivity index (χ0v) is 15.6. The number of hydrogen-bond acceptors (Lipinski definition) is 4. The quantitative estimate of drug-likeness (QED) is 0.738. The zero-order valence-electron chi connectivity index (χ0n) is 13.9. The lowest BCUT2D eigenvalue weighted by Gasteiger charge is -2.34. The maximum absolute atomic E-state index is 12.8. The van der Waals surface area contributed by atoms with Gasteiger partial charge in [-0.2, -0.15) is 0 Å². The molecule has 2 aromatic rings.